The van der Waals surface area contributed by atoms with Gasteiger partial charge in [-0.3, -0.25) is 0 Å². The van der Waals surface area contributed by atoms with Gasteiger partial charge in [-0.1, -0.05) is 0 Å². The van der Waals surface area contributed by atoms with Gasteiger partial charge in [0.1, 0.15) is 0 Å². The fraction of sp³-hybridized carbons (Fsp3) is 0.667. The standard InChI is InChI=1S/C9H16F2N4O2S/c1-2-14-6-9(13-7-14)18(16,17)15(4-3-12)5-8(10)11/h6-8H,2-5,12H2,1H3. The average Bonchev–Trinajstić information content (AvgIpc) is 2.77. The lowest BCUT2D eigenvalue weighted by molar-refractivity contribution is 0.120. The normalized spacial score (nSPS) is 12.6. The second kappa shape index (κ2) is 6.21. The predicted octanol–water partition coefficient (Wildman–Crippen LogP) is 0.118. The third-order valence-electron chi connectivity index (χ3n) is 2.30. The number of nitrogens with zero attached hydrogens (tertiary/aromatic N) is 3. The van der Waals surface area contributed by atoms with Gasteiger partial charge in [-0.15, -0.1) is 0 Å². The minimum Gasteiger partial charge on any atom is -0.336 e. The molecule has 6 nitrogen and oxygen atoms in total. The van der Waals surface area contributed by atoms with Crippen LogP contribution < -0.4 is 5.73 Å². The molecule has 0 bridgehead atoms. The van der Waals surface area contributed by atoms with Gasteiger partial charge >= 0.3 is 0 Å². The van der Waals surface area contributed by atoms with Gasteiger partial charge in [0, 0.05) is 25.8 Å². The van der Waals surface area contributed by atoms with Gasteiger partial charge in [-0.25, -0.2) is 22.2 Å². The lowest BCUT2D eigenvalue weighted by Gasteiger charge is -2.19. The zero-order chi connectivity index (χ0) is 13.8. The van der Waals surface area contributed by atoms with Crippen LogP contribution in [-0.4, -0.2) is 48.3 Å². The summed E-state index contributed by atoms with van der Waals surface area (Å²) in [5.41, 5.74) is 5.23. The Labute approximate surface area is 104 Å². The van der Waals surface area contributed by atoms with Crippen LogP contribution in [0.2, 0.25) is 0 Å². The Kier molecular flexibility index (Phi) is 5.17. The Morgan fingerprint density at radius 1 is 1.56 bits per heavy atom. The zero-order valence-corrected chi connectivity index (χ0v) is 10.8. The molecule has 9 heteroatoms. The third-order valence-corrected chi connectivity index (χ3v) is 4.05. The van der Waals surface area contributed by atoms with E-state index in [9.17, 15) is 17.2 Å². The van der Waals surface area contributed by atoms with E-state index >= 15 is 0 Å². The Hall–Kier alpha value is -1.06. The quantitative estimate of drug-likeness (QED) is 0.770. The molecule has 1 heterocycles. The van der Waals surface area contributed by atoms with Crippen molar-refractivity contribution in [2.24, 2.45) is 5.73 Å². The fourth-order valence-corrected chi connectivity index (χ4v) is 2.75. The van der Waals surface area contributed by atoms with Crippen LogP contribution in [0.15, 0.2) is 17.6 Å². The number of aromatic nitrogens is 2. The molecule has 0 unspecified atom stereocenters. The van der Waals surface area contributed by atoms with E-state index in [4.69, 9.17) is 5.73 Å². The molecule has 2 N–H and O–H groups in total. The highest BCUT2D eigenvalue weighted by atomic mass is 32.2. The van der Waals surface area contributed by atoms with Crippen molar-refractivity contribution in [2.45, 2.75) is 24.9 Å². The maximum Gasteiger partial charge on any atom is 0.262 e. The molecule has 0 saturated carbocycles. The van der Waals surface area contributed by atoms with Crippen LogP contribution in [0.3, 0.4) is 0 Å². The number of nitrogens with two attached hydrogens (primary N) is 1. The van der Waals surface area contributed by atoms with Gasteiger partial charge in [0.05, 0.1) is 12.9 Å². The number of halogens is 2. The molecule has 0 aliphatic rings. The van der Waals surface area contributed by atoms with Crippen molar-refractivity contribution in [3.05, 3.63) is 12.5 Å². The summed E-state index contributed by atoms with van der Waals surface area (Å²) >= 11 is 0. The molecule has 0 atom stereocenters. The number of hydrogen-bond donors (Lipinski definition) is 1. The minimum atomic E-state index is -4.01. The van der Waals surface area contributed by atoms with E-state index in [1.165, 1.54) is 12.5 Å². The van der Waals surface area contributed by atoms with Gasteiger partial charge in [0.2, 0.25) is 0 Å². The Balaban J connectivity index is 3.00. The lowest BCUT2D eigenvalue weighted by atomic mass is 10.6. The molecule has 1 rings (SSSR count). The maximum atomic E-state index is 12.4. The van der Waals surface area contributed by atoms with Crippen LogP contribution >= 0.6 is 0 Å². The SMILES string of the molecule is CCn1cnc(S(=O)(=O)N(CCN)CC(F)F)c1. The number of rotatable bonds is 7. The van der Waals surface area contributed by atoms with Crippen molar-refractivity contribution in [3.8, 4) is 0 Å². The van der Waals surface area contributed by atoms with E-state index in [1.54, 1.807) is 4.57 Å². The molecular weight excluding hydrogens is 266 g/mol. The number of aryl methyl sites for hydroxylation is 1. The Morgan fingerprint density at radius 2 is 2.22 bits per heavy atom. The second-order valence-electron chi connectivity index (χ2n) is 3.59. The average molecular weight is 282 g/mol. The number of imidazole rings is 1. The predicted molar refractivity (Wildman–Crippen MR) is 61.7 cm³/mol. The summed E-state index contributed by atoms with van der Waals surface area (Å²) in [7, 11) is -4.01. The lowest BCUT2D eigenvalue weighted by Crippen LogP contribution is -2.38. The summed E-state index contributed by atoms with van der Waals surface area (Å²) in [6.07, 6.45) is -0.0974. The van der Waals surface area contributed by atoms with Gasteiger partial charge in [-0.05, 0) is 6.92 Å². The van der Waals surface area contributed by atoms with Crippen LogP contribution in [0.25, 0.3) is 0 Å². The van der Waals surface area contributed by atoms with Crippen molar-refractivity contribution < 1.29 is 17.2 Å². The van der Waals surface area contributed by atoms with E-state index in [1.807, 2.05) is 6.92 Å². The van der Waals surface area contributed by atoms with Crippen molar-refractivity contribution in [1.82, 2.24) is 13.9 Å². The van der Waals surface area contributed by atoms with E-state index in [0.29, 0.717) is 10.8 Å². The first-order chi connectivity index (χ1) is 8.41. The number of alkyl halides is 2. The highest BCUT2D eigenvalue weighted by Crippen LogP contribution is 2.14. The molecule has 0 radical (unpaired) electrons. The fourth-order valence-electron chi connectivity index (χ4n) is 1.39. The molecule has 18 heavy (non-hydrogen) atoms. The van der Waals surface area contributed by atoms with E-state index < -0.39 is 23.0 Å². The molecule has 0 amide bonds. The molecule has 0 fully saturated rings. The summed E-state index contributed by atoms with van der Waals surface area (Å²) < 4.78 is 51.0. The minimum absolute atomic E-state index is 0.0273. The van der Waals surface area contributed by atoms with Crippen LogP contribution in [0.5, 0.6) is 0 Å². The molecule has 0 saturated heterocycles. The molecule has 1 aromatic rings. The molecular formula is C9H16F2N4O2S. The Bertz CT molecular complexity index is 475. The molecule has 104 valence electrons. The van der Waals surface area contributed by atoms with Crippen molar-refractivity contribution in [1.29, 1.82) is 0 Å². The van der Waals surface area contributed by atoms with Gasteiger partial charge in [0.15, 0.2) is 5.03 Å². The van der Waals surface area contributed by atoms with Crippen molar-refractivity contribution in [3.63, 3.8) is 0 Å². The summed E-state index contributed by atoms with van der Waals surface area (Å²) in [5, 5.41) is -0.238. The monoisotopic (exact) mass is 282 g/mol. The van der Waals surface area contributed by atoms with Crippen molar-refractivity contribution >= 4 is 10.0 Å². The summed E-state index contributed by atoms with van der Waals surface area (Å²) in [6.45, 7) is 1.30. The van der Waals surface area contributed by atoms with Crippen LogP contribution in [0, 0.1) is 0 Å². The van der Waals surface area contributed by atoms with Gasteiger partial charge < -0.3 is 10.3 Å². The van der Waals surface area contributed by atoms with Crippen LogP contribution in [-0.2, 0) is 16.6 Å². The number of hydrogen-bond acceptors (Lipinski definition) is 4. The van der Waals surface area contributed by atoms with Crippen molar-refractivity contribution in [2.75, 3.05) is 19.6 Å². The van der Waals surface area contributed by atoms with E-state index in [2.05, 4.69) is 4.98 Å². The molecule has 0 aromatic carbocycles. The first kappa shape index (κ1) is 15.0. The maximum absolute atomic E-state index is 12.4. The summed E-state index contributed by atoms with van der Waals surface area (Å²) in [5.74, 6) is 0. The third kappa shape index (κ3) is 3.47. The highest BCUT2D eigenvalue weighted by Gasteiger charge is 2.28. The summed E-state index contributed by atoms with van der Waals surface area (Å²) in [4.78, 5) is 3.72. The summed E-state index contributed by atoms with van der Waals surface area (Å²) in [6, 6.07) is 0. The van der Waals surface area contributed by atoms with E-state index in [-0.39, 0.29) is 18.1 Å². The molecule has 0 aliphatic heterocycles. The largest absolute Gasteiger partial charge is 0.336 e. The second-order valence-corrected chi connectivity index (χ2v) is 5.47. The highest BCUT2D eigenvalue weighted by molar-refractivity contribution is 7.89. The molecule has 0 spiro atoms. The van der Waals surface area contributed by atoms with E-state index in [0.717, 1.165) is 0 Å². The number of sulfonamides is 1. The van der Waals surface area contributed by atoms with Gasteiger partial charge in [-0.2, -0.15) is 4.31 Å². The smallest absolute Gasteiger partial charge is 0.262 e. The topological polar surface area (TPSA) is 81.2 Å². The zero-order valence-electron chi connectivity index (χ0n) is 9.96. The molecule has 1 aromatic heterocycles. The first-order valence-electron chi connectivity index (χ1n) is 5.42. The Morgan fingerprint density at radius 3 is 2.67 bits per heavy atom. The van der Waals surface area contributed by atoms with Crippen LogP contribution in [0.4, 0.5) is 8.78 Å². The molecule has 0 aliphatic carbocycles. The first-order valence-corrected chi connectivity index (χ1v) is 6.86. The van der Waals surface area contributed by atoms with Crippen LogP contribution in [0.1, 0.15) is 6.92 Å². The van der Waals surface area contributed by atoms with Gasteiger partial charge in [0.25, 0.3) is 16.4 Å².